The lowest BCUT2D eigenvalue weighted by atomic mass is 9.86. The molecule has 0 unspecified atom stereocenters. The number of piperidine rings is 1. The third kappa shape index (κ3) is 3.30. The monoisotopic (exact) mass is 339 g/mol. The largest absolute Gasteiger partial charge is 0.310 e. The highest BCUT2D eigenvalue weighted by Gasteiger charge is 2.41. The van der Waals surface area contributed by atoms with Gasteiger partial charge in [0.1, 0.15) is 0 Å². The van der Waals surface area contributed by atoms with Crippen molar-refractivity contribution >= 4 is 11.6 Å². The molecule has 0 aliphatic carbocycles. The van der Waals surface area contributed by atoms with Crippen LogP contribution in [0.2, 0.25) is 0 Å². The van der Waals surface area contributed by atoms with Gasteiger partial charge in [0.15, 0.2) is 0 Å². The first-order valence-corrected chi connectivity index (χ1v) is 9.47. The van der Waals surface area contributed by atoms with E-state index in [9.17, 15) is 10.1 Å². The van der Waals surface area contributed by atoms with Crippen molar-refractivity contribution in [2.24, 2.45) is 5.92 Å². The molecule has 1 aromatic rings. The third-order valence-electron chi connectivity index (χ3n) is 5.77. The van der Waals surface area contributed by atoms with Gasteiger partial charge in [-0.25, -0.2) is 0 Å². The minimum absolute atomic E-state index is 0.0600. The summed E-state index contributed by atoms with van der Waals surface area (Å²) in [6, 6.07) is 7.91. The molecule has 2 heterocycles. The number of hydrogen-bond donors (Lipinski definition) is 0. The molecule has 0 saturated carbocycles. The zero-order valence-electron chi connectivity index (χ0n) is 15.9. The van der Waals surface area contributed by atoms with Crippen LogP contribution in [0.3, 0.4) is 0 Å². The minimum Gasteiger partial charge on any atom is -0.310 e. The second-order valence-electron chi connectivity index (χ2n) is 8.32. The van der Waals surface area contributed by atoms with Gasteiger partial charge in [0.2, 0.25) is 5.91 Å². The van der Waals surface area contributed by atoms with E-state index in [-0.39, 0.29) is 17.4 Å². The number of likely N-dealkylation sites (tertiary alicyclic amines) is 1. The lowest BCUT2D eigenvalue weighted by Crippen LogP contribution is -2.51. The average Bonchev–Trinajstić information content (AvgIpc) is 2.86. The van der Waals surface area contributed by atoms with Gasteiger partial charge in [-0.2, -0.15) is 5.26 Å². The van der Waals surface area contributed by atoms with Gasteiger partial charge in [-0.05, 0) is 49.4 Å². The van der Waals surface area contributed by atoms with Crippen molar-refractivity contribution in [3.63, 3.8) is 0 Å². The van der Waals surface area contributed by atoms with Gasteiger partial charge in [0, 0.05) is 24.2 Å². The lowest BCUT2D eigenvalue weighted by Gasteiger charge is -2.38. The van der Waals surface area contributed by atoms with Crippen LogP contribution in [-0.2, 0) is 10.2 Å². The van der Waals surface area contributed by atoms with Crippen molar-refractivity contribution in [1.82, 2.24) is 4.90 Å². The molecule has 4 nitrogen and oxygen atoms in total. The lowest BCUT2D eigenvalue weighted by molar-refractivity contribution is -0.124. The predicted octanol–water partition coefficient (Wildman–Crippen LogP) is 3.69. The van der Waals surface area contributed by atoms with Gasteiger partial charge in [-0.3, -0.25) is 9.69 Å². The van der Waals surface area contributed by atoms with E-state index in [4.69, 9.17) is 0 Å². The zero-order valence-corrected chi connectivity index (χ0v) is 15.9. The number of fused-ring (bicyclic) bond motifs is 1. The summed E-state index contributed by atoms with van der Waals surface area (Å²) in [4.78, 5) is 17.7. The molecule has 4 heteroatoms. The van der Waals surface area contributed by atoms with E-state index in [0.29, 0.717) is 18.0 Å². The first-order valence-electron chi connectivity index (χ1n) is 9.47. The fourth-order valence-electron chi connectivity index (χ4n) is 4.44. The Hall–Kier alpha value is -1.86. The SMILES string of the molecule is CC[C@@H](C(=O)N1CC(C)(C)c2ccc(C#N)cc21)N1CCC[C@H](C)C1. The molecule has 0 aromatic heterocycles. The molecule has 2 aliphatic heterocycles. The molecule has 0 bridgehead atoms. The summed E-state index contributed by atoms with van der Waals surface area (Å²) >= 11 is 0. The Bertz CT molecular complexity index is 704. The number of benzene rings is 1. The molecular formula is C21H29N3O. The van der Waals surface area contributed by atoms with Gasteiger partial charge in [-0.15, -0.1) is 0 Å². The number of carbonyl (C=O) groups excluding carboxylic acids is 1. The molecule has 2 aliphatic rings. The smallest absolute Gasteiger partial charge is 0.244 e. The van der Waals surface area contributed by atoms with E-state index in [1.807, 2.05) is 23.1 Å². The van der Waals surface area contributed by atoms with Crippen molar-refractivity contribution in [2.45, 2.75) is 58.4 Å². The highest BCUT2D eigenvalue weighted by atomic mass is 16.2. The van der Waals surface area contributed by atoms with Crippen LogP contribution in [0.15, 0.2) is 18.2 Å². The Balaban J connectivity index is 1.91. The molecule has 0 N–H and O–H groups in total. The molecule has 134 valence electrons. The quantitative estimate of drug-likeness (QED) is 0.844. The molecule has 0 radical (unpaired) electrons. The number of nitrogens with zero attached hydrogens (tertiary/aromatic N) is 3. The zero-order chi connectivity index (χ0) is 18.2. The summed E-state index contributed by atoms with van der Waals surface area (Å²) in [5.74, 6) is 0.849. The highest BCUT2D eigenvalue weighted by molar-refractivity contribution is 5.99. The summed E-state index contributed by atoms with van der Waals surface area (Å²) in [7, 11) is 0. The maximum Gasteiger partial charge on any atom is 0.244 e. The third-order valence-corrected chi connectivity index (χ3v) is 5.77. The van der Waals surface area contributed by atoms with Gasteiger partial charge in [-0.1, -0.05) is 33.8 Å². The fraction of sp³-hybridized carbons (Fsp3) is 0.619. The van der Waals surface area contributed by atoms with Crippen LogP contribution >= 0.6 is 0 Å². The predicted molar refractivity (Wildman–Crippen MR) is 101 cm³/mol. The van der Waals surface area contributed by atoms with E-state index in [1.54, 1.807) is 0 Å². The second-order valence-corrected chi connectivity index (χ2v) is 8.32. The Labute approximate surface area is 151 Å². The van der Waals surface area contributed by atoms with E-state index >= 15 is 0 Å². The number of nitriles is 1. The fourth-order valence-corrected chi connectivity index (χ4v) is 4.44. The number of hydrogen-bond acceptors (Lipinski definition) is 3. The molecule has 2 atom stereocenters. The number of anilines is 1. The Morgan fingerprint density at radius 2 is 2.20 bits per heavy atom. The molecule has 25 heavy (non-hydrogen) atoms. The van der Waals surface area contributed by atoms with Crippen molar-refractivity contribution in [1.29, 1.82) is 5.26 Å². The molecular weight excluding hydrogens is 310 g/mol. The molecule has 0 spiro atoms. The van der Waals surface area contributed by atoms with Gasteiger partial charge < -0.3 is 4.90 Å². The molecule has 1 fully saturated rings. The summed E-state index contributed by atoms with van der Waals surface area (Å²) < 4.78 is 0. The molecule has 1 aromatic carbocycles. The first-order chi connectivity index (χ1) is 11.9. The molecule has 3 rings (SSSR count). The van der Waals surface area contributed by atoms with Crippen molar-refractivity contribution in [2.75, 3.05) is 24.5 Å². The van der Waals surface area contributed by atoms with Crippen LogP contribution in [0, 0.1) is 17.2 Å². The van der Waals surface area contributed by atoms with Gasteiger partial charge in [0.25, 0.3) is 0 Å². The summed E-state index contributed by atoms with van der Waals surface area (Å²) in [5.41, 5.74) is 2.64. The van der Waals surface area contributed by atoms with E-state index in [1.165, 1.54) is 18.4 Å². The number of amides is 1. The molecule has 1 saturated heterocycles. The summed E-state index contributed by atoms with van der Waals surface area (Å²) in [6.45, 7) is 11.4. The Kier molecular flexibility index (Phi) is 4.88. The Morgan fingerprint density at radius 3 is 2.84 bits per heavy atom. The van der Waals surface area contributed by atoms with E-state index in [0.717, 1.165) is 25.2 Å². The maximum atomic E-state index is 13.4. The van der Waals surface area contributed by atoms with Crippen LogP contribution in [0.4, 0.5) is 5.69 Å². The van der Waals surface area contributed by atoms with Crippen LogP contribution in [0.25, 0.3) is 0 Å². The second kappa shape index (κ2) is 6.80. The van der Waals surface area contributed by atoms with E-state index < -0.39 is 0 Å². The van der Waals surface area contributed by atoms with Crippen LogP contribution < -0.4 is 4.90 Å². The van der Waals surface area contributed by atoms with E-state index in [2.05, 4.69) is 38.7 Å². The van der Waals surface area contributed by atoms with Crippen LogP contribution in [0.1, 0.15) is 58.1 Å². The van der Waals surface area contributed by atoms with Crippen molar-refractivity contribution in [3.8, 4) is 6.07 Å². The van der Waals surface area contributed by atoms with Crippen molar-refractivity contribution in [3.05, 3.63) is 29.3 Å². The summed E-state index contributed by atoms with van der Waals surface area (Å²) in [5, 5.41) is 9.25. The average molecular weight is 339 g/mol. The topological polar surface area (TPSA) is 47.3 Å². The van der Waals surface area contributed by atoms with Gasteiger partial charge >= 0.3 is 0 Å². The number of rotatable bonds is 3. The van der Waals surface area contributed by atoms with Gasteiger partial charge in [0.05, 0.1) is 17.7 Å². The highest BCUT2D eigenvalue weighted by Crippen LogP contribution is 2.41. The normalized spacial score (nSPS) is 23.8. The Morgan fingerprint density at radius 1 is 1.44 bits per heavy atom. The number of carbonyl (C=O) groups is 1. The van der Waals surface area contributed by atoms with Crippen LogP contribution in [-0.4, -0.2) is 36.5 Å². The summed E-state index contributed by atoms with van der Waals surface area (Å²) in [6.07, 6.45) is 3.26. The first kappa shape index (κ1) is 17.9. The standard InChI is InChI=1S/C21H29N3O/c1-5-18(23-10-6-7-15(2)13-23)20(25)24-14-21(3,4)17-9-8-16(12-22)11-19(17)24/h8-9,11,15,18H,5-7,10,13-14H2,1-4H3/t15-,18-/m0/s1. The molecule has 1 amide bonds. The minimum atomic E-state index is -0.0769. The van der Waals surface area contributed by atoms with Crippen LogP contribution in [0.5, 0.6) is 0 Å². The van der Waals surface area contributed by atoms with Crippen molar-refractivity contribution < 1.29 is 4.79 Å². The maximum absolute atomic E-state index is 13.4.